The third-order valence-corrected chi connectivity index (χ3v) is 6.36. The molecule has 0 bridgehead atoms. The fraction of sp³-hybridized carbons (Fsp3) is 0.240. The van der Waals surface area contributed by atoms with Gasteiger partial charge in [-0.25, -0.2) is 0 Å². The first kappa shape index (κ1) is 19.6. The van der Waals surface area contributed by atoms with Crippen LogP contribution in [0.4, 0.5) is 11.4 Å². The lowest BCUT2D eigenvalue weighted by molar-refractivity contribution is 0.102. The van der Waals surface area contributed by atoms with Gasteiger partial charge in [-0.2, -0.15) is 0 Å². The van der Waals surface area contributed by atoms with E-state index in [1.807, 2.05) is 54.6 Å². The average Bonchev–Trinajstić information content (AvgIpc) is 2.80. The number of hydrogen-bond donors (Lipinski definition) is 1. The second-order valence-corrected chi connectivity index (χ2v) is 8.34. The Morgan fingerprint density at radius 2 is 1.52 bits per heavy atom. The number of carbonyl (C=O) groups is 1. The summed E-state index contributed by atoms with van der Waals surface area (Å²) >= 11 is 1.69. The molecule has 3 nitrogen and oxygen atoms in total. The normalized spacial score (nSPS) is 13.9. The smallest absolute Gasteiger partial charge is 0.256 e. The van der Waals surface area contributed by atoms with Crippen molar-refractivity contribution in [3.8, 4) is 0 Å². The van der Waals surface area contributed by atoms with Crippen molar-refractivity contribution in [1.29, 1.82) is 0 Å². The van der Waals surface area contributed by atoms with Gasteiger partial charge in [0.05, 0.1) is 5.56 Å². The van der Waals surface area contributed by atoms with Gasteiger partial charge in [0.1, 0.15) is 0 Å². The molecule has 4 rings (SSSR count). The van der Waals surface area contributed by atoms with Gasteiger partial charge in [-0.1, -0.05) is 42.5 Å². The lowest BCUT2D eigenvalue weighted by Gasteiger charge is -2.28. The summed E-state index contributed by atoms with van der Waals surface area (Å²) in [5.41, 5.74) is 4.04. The van der Waals surface area contributed by atoms with Crippen LogP contribution in [0, 0.1) is 0 Å². The maximum Gasteiger partial charge on any atom is 0.256 e. The largest absolute Gasteiger partial charge is 0.372 e. The second kappa shape index (κ2) is 9.66. The van der Waals surface area contributed by atoms with Gasteiger partial charge in [0.25, 0.3) is 5.91 Å². The number of carbonyl (C=O) groups excluding carboxylic acids is 1. The van der Waals surface area contributed by atoms with E-state index in [2.05, 4.69) is 34.5 Å². The molecule has 1 aliphatic rings. The highest BCUT2D eigenvalue weighted by Gasteiger charge is 2.13. The standard InChI is InChI=1S/C25H26N2OS/c28-25(26-21-13-15-22(16-14-21)27-17-7-2-8-18-27)23-11-5-6-12-24(23)29-19-20-9-3-1-4-10-20/h1,3-6,9-16H,2,7-8,17-19H2,(H,26,28). The van der Waals surface area contributed by atoms with Crippen LogP contribution in [0.5, 0.6) is 0 Å². The number of hydrogen-bond acceptors (Lipinski definition) is 3. The number of amides is 1. The molecule has 1 heterocycles. The molecule has 1 saturated heterocycles. The molecule has 4 heteroatoms. The Morgan fingerprint density at radius 3 is 2.28 bits per heavy atom. The van der Waals surface area contributed by atoms with Gasteiger partial charge < -0.3 is 10.2 Å². The van der Waals surface area contributed by atoms with Crippen molar-refractivity contribution in [3.63, 3.8) is 0 Å². The van der Waals surface area contributed by atoms with E-state index in [0.717, 1.165) is 29.4 Å². The Balaban J connectivity index is 1.41. The highest BCUT2D eigenvalue weighted by atomic mass is 32.2. The molecule has 1 N–H and O–H groups in total. The minimum Gasteiger partial charge on any atom is -0.372 e. The van der Waals surface area contributed by atoms with Gasteiger partial charge in [-0.15, -0.1) is 11.8 Å². The Kier molecular flexibility index (Phi) is 6.52. The maximum absolute atomic E-state index is 12.9. The van der Waals surface area contributed by atoms with Gasteiger partial charge in [0.2, 0.25) is 0 Å². The van der Waals surface area contributed by atoms with Crippen LogP contribution in [0.3, 0.4) is 0 Å². The van der Waals surface area contributed by atoms with Crippen LogP contribution in [0.1, 0.15) is 35.2 Å². The Morgan fingerprint density at radius 1 is 0.828 bits per heavy atom. The van der Waals surface area contributed by atoms with Crippen molar-refractivity contribution in [3.05, 3.63) is 90.0 Å². The first-order chi connectivity index (χ1) is 14.3. The van der Waals surface area contributed by atoms with E-state index in [9.17, 15) is 4.79 Å². The average molecular weight is 403 g/mol. The van der Waals surface area contributed by atoms with Crippen molar-refractivity contribution in [2.45, 2.75) is 29.9 Å². The first-order valence-electron chi connectivity index (χ1n) is 10.2. The highest BCUT2D eigenvalue weighted by Crippen LogP contribution is 2.27. The number of anilines is 2. The number of thioether (sulfide) groups is 1. The monoisotopic (exact) mass is 402 g/mol. The third kappa shape index (κ3) is 5.21. The first-order valence-corrected chi connectivity index (χ1v) is 11.2. The summed E-state index contributed by atoms with van der Waals surface area (Å²) in [7, 11) is 0. The van der Waals surface area contributed by atoms with Crippen molar-refractivity contribution in [1.82, 2.24) is 0 Å². The predicted molar refractivity (Wildman–Crippen MR) is 123 cm³/mol. The van der Waals surface area contributed by atoms with E-state index < -0.39 is 0 Å². The molecule has 0 saturated carbocycles. The van der Waals surface area contributed by atoms with Crippen LogP contribution in [0.2, 0.25) is 0 Å². The number of piperidine rings is 1. The minimum atomic E-state index is -0.0631. The molecule has 3 aromatic rings. The zero-order chi connectivity index (χ0) is 19.9. The Labute approximate surface area is 177 Å². The maximum atomic E-state index is 12.9. The number of nitrogens with one attached hydrogen (secondary N) is 1. The molecule has 0 unspecified atom stereocenters. The van der Waals surface area contributed by atoms with Crippen LogP contribution < -0.4 is 10.2 Å². The molecule has 0 atom stereocenters. The number of benzene rings is 3. The van der Waals surface area contributed by atoms with Crippen molar-refractivity contribution < 1.29 is 4.79 Å². The molecule has 1 aliphatic heterocycles. The Hall–Kier alpha value is -2.72. The van der Waals surface area contributed by atoms with Crippen molar-refractivity contribution in [2.75, 3.05) is 23.3 Å². The van der Waals surface area contributed by atoms with Gasteiger partial charge in [0, 0.05) is 35.1 Å². The molecule has 0 spiro atoms. The zero-order valence-corrected chi connectivity index (χ0v) is 17.3. The summed E-state index contributed by atoms with van der Waals surface area (Å²) in [5.74, 6) is 0.780. The summed E-state index contributed by atoms with van der Waals surface area (Å²) in [6.45, 7) is 2.25. The van der Waals surface area contributed by atoms with E-state index in [0.29, 0.717) is 5.56 Å². The summed E-state index contributed by atoms with van der Waals surface area (Å²) in [6, 6.07) is 26.4. The summed E-state index contributed by atoms with van der Waals surface area (Å²) in [5, 5.41) is 3.06. The fourth-order valence-electron chi connectivity index (χ4n) is 3.62. The molecule has 1 amide bonds. The lowest BCUT2D eigenvalue weighted by atomic mass is 10.1. The van der Waals surface area contributed by atoms with Gasteiger partial charge >= 0.3 is 0 Å². The third-order valence-electron chi connectivity index (χ3n) is 5.22. The molecule has 1 fully saturated rings. The fourth-order valence-corrected chi connectivity index (χ4v) is 4.63. The molecule has 0 aliphatic carbocycles. The number of nitrogens with zero attached hydrogens (tertiary/aromatic N) is 1. The van der Waals surface area contributed by atoms with Crippen LogP contribution in [-0.2, 0) is 5.75 Å². The van der Waals surface area contributed by atoms with E-state index in [1.165, 1.54) is 30.5 Å². The van der Waals surface area contributed by atoms with Gasteiger partial charge in [-0.3, -0.25) is 4.79 Å². The van der Waals surface area contributed by atoms with Crippen LogP contribution in [-0.4, -0.2) is 19.0 Å². The second-order valence-electron chi connectivity index (χ2n) is 7.32. The zero-order valence-electron chi connectivity index (χ0n) is 16.5. The van der Waals surface area contributed by atoms with Crippen molar-refractivity contribution >= 4 is 29.0 Å². The topological polar surface area (TPSA) is 32.3 Å². The van der Waals surface area contributed by atoms with Gasteiger partial charge in [0.15, 0.2) is 0 Å². The van der Waals surface area contributed by atoms with Crippen molar-refractivity contribution in [2.24, 2.45) is 0 Å². The molecule has 0 radical (unpaired) electrons. The van der Waals surface area contributed by atoms with E-state index in [-0.39, 0.29) is 5.91 Å². The predicted octanol–water partition coefficient (Wildman–Crippen LogP) is 6.22. The molecular formula is C25H26N2OS. The summed E-state index contributed by atoms with van der Waals surface area (Å²) in [6.07, 6.45) is 3.85. The SMILES string of the molecule is O=C(Nc1ccc(N2CCCCC2)cc1)c1ccccc1SCc1ccccc1. The van der Waals surface area contributed by atoms with Crippen LogP contribution in [0.25, 0.3) is 0 Å². The number of rotatable bonds is 6. The minimum absolute atomic E-state index is 0.0631. The Bertz CT molecular complexity index is 935. The van der Waals surface area contributed by atoms with E-state index in [1.54, 1.807) is 11.8 Å². The van der Waals surface area contributed by atoms with E-state index in [4.69, 9.17) is 0 Å². The van der Waals surface area contributed by atoms with E-state index >= 15 is 0 Å². The quantitative estimate of drug-likeness (QED) is 0.497. The van der Waals surface area contributed by atoms with Gasteiger partial charge in [-0.05, 0) is 61.2 Å². The van der Waals surface area contributed by atoms with Crippen LogP contribution in [0.15, 0.2) is 83.8 Å². The molecule has 29 heavy (non-hydrogen) atoms. The molecular weight excluding hydrogens is 376 g/mol. The summed E-state index contributed by atoms with van der Waals surface area (Å²) in [4.78, 5) is 16.3. The summed E-state index contributed by atoms with van der Waals surface area (Å²) < 4.78 is 0. The molecule has 3 aromatic carbocycles. The highest BCUT2D eigenvalue weighted by molar-refractivity contribution is 7.98. The molecule has 0 aromatic heterocycles. The molecule has 148 valence electrons. The lowest BCUT2D eigenvalue weighted by Crippen LogP contribution is -2.29. The van der Waals surface area contributed by atoms with Crippen LogP contribution >= 0.6 is 11.8 Å².